The first-order chi connectivity index (χ1) is 34.0. The zero-order chi connectivity index (χ0) is 53.2. The molecule has 2 aromatic carbocycles. The van der Waals surface area contributed by atoms with Crippen molar-refractivity contribution in [1.29, 1.82) is 0 Å². The quantitative estimate of drug-likeness (QED) is 0.0809. The first kappa shape index (κ1) is 60.9. The van der Waals surface area contributed by atoms with Gasteiger partial charge in [0.2, 0.25) is 29.5 Å². The summed E-state index contributed by atoms with van der Waals surface area (Å²) in [7, 11) is 1.76. The van der Waals surface area contributed by atoms with Gasteiger partial charge in [0.15, 0.2) is 0 Å². The lowest BCUT2D eigenvalue weighted by molar-refractivity contribution is -0.144. The van der Waals surface area contributed by atoms with Crippen LogP contribution in [0, 0.1) is 22.7 Å². The normalized spacial score (nSPS) is 17.8. The van der Waals surface area contributed by atoms with Crippen LogP contribution >= 0.6 is 31.9 Å². The van der Waals surface area contributed by atoms with E-state index < -0.39 is 22.8 Å². The summed E-state index contributed by atoms with van der Waals surface area (Å²) in [4.78, 5) is 90.7. The third kappa shape index (κ3) is 19.3. The number of ketones is 1. The highest BCUT2D eigenvalue weighted by Gasteiger charge is 2.42. The van der Waals surface area contributed by atoms with Crippen molar-refractivity contribution < 1.29 is 28.8 Å². The highest BCUT2D eigenvalue weighted by molar-refractivity contribution is 9.10. The van der Waals surface area contributed by atoms with Crippen LogP contribution in [0.15, 0.2) is 57.5 Å². The van der Waals surface area contributed by atoms with Gasteiger partial charge in [-0.1, -0.05) is 137 Å². The molecule has 402 valence electrons. The van der Waals surface area contributed by atoms with Crippen LogP contribution in [-0.4, -0.2) is 125 Å². The number of hydrogen-bond donors (Lipinski definition) is 2. The van der Waals surface area contributed by atoms with E-state index >= 15 is 0 Å². The molecule has 2 aromatic rings. The third-order valence-electron chi connectivity index (χ3n) is 15.2. The summed E-state index contributed by atoms with van der Waals surface area (Å²) in [6.45, 7) is 21.1. The Balaban J connectivity index is 1.33. The monoisotopic (exact) mass is 1120 g/mol. The number of rotatable bonds is 28. The van der Waals surface area contributed by atoms with Gasteiger partial charge in [0, 0.05) is 91.4 Å². The molecule has 6 atom stereocenters. The summed E-state index contributed by atoms with van der Waals surface area (Å²) in [6, 6.07) is 15.2. The van der Waals surface area contributed by atoms with Crippen molar-refractivity contribution in [1.82, 2.24) is 30.2 Å². The molecular weight excluding hydrogens is 1040 g/mol. The number of likely N-dealkylation sites (N-methyl/N-ethyl adjacent to an activating group) is 1. The van der Waals surface area contributed by atoms with Gasteiger partial charge in [-0.3, -0.25) is 28.8 Å². The van der Waals surface area contributed by atoms with Crippen LogP contribution in [0.25, 0.3) is 0 Å². The van der Waals surface area contributed by atoms with E-state index in [2.05, 4.69) is 66.8 Å². The number of likely N-dealkylation sites (tertiary alicyclic amines) is 2. The van der Waals surface area contributed by atoms with E-state index in [4.69, 9.17) is 0 Å². The number of nitrogens with one attached hydrogen (secondary N) is 2. The van der Waals surface area contributed by atoms with Crippen LogP contribution < -0.4 is 10.6 Å². The molecule has 0 radical (unpaired) electrons. The molecule has 14 heteroatoms. The van der Waals surface area contributed by atoms with E-state index in [1.807, 2.05) is 106 Å². The molecule has 0 spiro atoms. The van der Waals surface area contributed by atoms with Crippen molar-refractivity contribution in [2.24, 2.45) is 22.7 Å². The van der Waals surface area contributed by atoms with Crippen molar-refractivity contribution in [2.45, 2.75) is 189 Å². The highest BCUT2D eigenvalue weighted by atomic mass is 79.9. The molecule has 2 aliphatic rings. The molecule has 2 N–H and O–H groups in total. The molecule has 12 nitrogen and oxygen atoms in total. The van der Waals surface area contributed by atoms with Crippen LogP contribution in [0.3, 0.4) is 0 Å². The lowest BCUT2D eigenvalue weighted by Crippen LogP contribution is -2.57. The molecule has 2 saturated heterocycles. The highest BCUT2D eigenvalue weighted by Crippen LogP contribution is 2.34. The minimum absolute atomic E-state index is 0.0130. The fourth-order valence-electron chi connectivity index (χ4n) is 9.97. The third-order valence-corrected chi connectivity index (χ3v) is 16.3. The maximum atomic E-state index is 14.3. The zero-order valence-electron chi connectivity index (χ0n) is 45.6. The van der Waals surface area contributed by atoms with Crippen molar-refractivity contribution >= 4 is 67.2 Å². The van der Waals surface area contributed by atoms with Gasteiger partial charge in [-0.15, -0.1) is 0 Å². The largest absolute Gasteiger partial charge is 0.344 e. The molecule has 4 rings (SSSR count). The molecule has 0 aliphatic carbocycles. The number of benzene rings is 2. The van der Waals surface area contributed by atoms with Gasteiger partial charge in [0.1, 0.15) is 11.8 Å². The molecule has 2 aliphatic heterocycles. The number of unbranched alkanes of at least 4 members (excludes halogenated alkanes) is 5. The van der Waals surface area contributed by atoms with E-state index in [9.17, 15) is 28.8 Å². The predicted octanol–water partition coefficient (Wildman–Crippen LogP) is 10.6. The smallest absolute Gasteiger partial charge is 0.246 e. The first-order valence-corrected chi connectivity index (χ1v) is 28.8. The Morgan fingerprint density at radius 2 is 1.08 bits per heavy atom. The number of carbonyl (C=O) groups excluding carboxylic acids is 6. The van der Waals surface area contributed by atoms with Crippen molar-refractivity contribution in [3.8, 4) is 0 Å². The summed E-state index contributed by atoms with van der Waals surface area (Å²) in [5.41, 5.74) is 1.42. The summed E-state index contributed by atoms with van der Waals surface area (Å²) in [5, 5.41) is 6.11. The van der Waals surface area contributed by atoms with Gasteiger partial charge >= 0.3 is 0 Å². The van der Waals surface area contributed by atoms with E-state index in [0.29, 0.717) is 71.4 Å². The van der Waals surface area contributed by atoms with E-state index in [-0.39, 0.29) is 65.8 Å². The van der Waals surface area contributed by atoms with Gasteiger partial charge < -0.3 is 30.2 Å². The van der Waals surface area contributed by atoms with E-state index in [1.54, 1.807) is 7.05 Å². The lowest BCUT2D eigenvalue weighted by Gasteiger charge is -2.37. The minimum atomic E-state index is -0.657. The summed E-state index contributed by atoms with van der Waals surface area (Å²) in [6.07, 6.45) is 11.9. The number of amides is 5. The second-order valence-corrected chi connectivity index (χ2v) is 24.8. The van der Waals surface area contributed by atoms with Gasteiger partial charge in [0.05, 0.1) is 6.04 Å². The average Bonchev–Trinajstić information content (AvgIpc) is 4.02. The fraction of sp³-hybridized carbons (Fsp3) is 0.690. The summed E-state index contributed by atoms with van der Waals surface area (Å²) < 4.78 is 2.01. The van der Waals surface area contributed by atoms with Crippen LogP contribution in [-0.2, 0) is 41.6 Å². The number of hydrogen-bond acceptors (Lipinski definition) is 7. The fourth-order valence-corrected chi connectivity index (χ4v) is 10.5. The van der Waals surface area contributed by atoms with Crippen LogP contribution in [0.2, 0.25) is 0 Å². The van der Waals surface area contributed by atoms with Gasteiger partial charge in [0.25, 0.3) is 0 Å². The van der Waals surface area contributed by atoms with Crippen LogP contribution in [0.5, 0.6) is 0 Å². The number of carbonyl (C=O) groups is 6. The zero-order valence-corrected chi connectivity index (χ0v) is 48.8. The van der Waals surface area contributed by atoms with Gasteiger partial charge in [-0.25, -0.2) is 0 Å². The molecule has 0 aromatic heterocycles. The Bertz CT molecular complexity index is 1910. The maximum Gasteiger partial charge on any atom is 0.246 e. The molecule has 72 heavy (non-hydrogen) atoms. The number of nitrogens with zero attached hydrogens (tertiary/aromatic N) is 4. The Morgan fingerprint density at radius 1 is 0.653 bits per heavy atom. The molecule has 0 bridgehead atoms. The maximum absolute atomic E-state index is 14.3. The predicted molar refractivity (Wildman–Crippen MR) is 297 cm³/mol. The minimum Gasteiger partial charge on any atom is -0.344 e. The van der Waals surface area contributed by atoms with Crippen molar-refractivity contribution in [3.05, 3.63) is 68.6 Å². The molecule has 2 heterocycles. The van der Waals surface area contributed by atoms with Gasteiger partial charge in [-0.05, 0) is 118 Å². The van der Waals surface area contributed by atoms with Crippen LogP contribution in [0.1, 0.15) is 163 Å². The van der Waals surface area contributed by atoms with E-state index in [1.165, 1.54) is 0 Å². The Morgan fingerprint density at radius 3 is 1.49 bits per heavy atom. The van der Waals surface area contributed by atoms with E-state index in [0.717, 1.165) is 84.3 Å². The molecule has 0 saturated carbocycles. The van der Waals surface area contributed by atoms with Crippen molar-refractivity contribution in [2.75, 3.05) is 46.3 Å². The van der Waals surface area contributed by atoms with Crippen molar-refractivity contribution in [3.63, 3.8) is 0 Å². The summed E-state index contributed by atoms with van der Waals surface area (Å²) >= 11 is 7.07. The molecule has 2 fully saturated rings. The SMILES string of the molecule is CC[C@@H](C)C(=O)N[C@H](C(=O)N1CCC[C@H]1CN(CCc1ccc(Br)cc1)C(=O)CCCCCCCCC(=O)N(CCc1ccc(Br)cc1)C[C@@H]1CCCN1C(=O)[C@@H](CC(=O)[C@H](C)NC)C(C)(C)C)C(C)(C)C. The lowest BCUT2D eigenvalue weighted by atomic mass is 9.76. The molecular formula is C58H90Br2N6O6. The molecule has 5 amide bonds. The second-order valence-electron chi connectivity index (χ2n) is 22.9. The number of halogens is 2. The topological polar surface area (TPSA) is 139 Å². The van der Waals surface area contributed by atoms with Gasteiger partial charge in [-0.2, -0.15) is 0 Å². The Hall–Kier alpha value is -3.62. The molecule has 0 unspecified atom stereocenters. The standard InChI is InChI=1S/C58H90Br2N6O6/c1-11-41(2)54(70)62-53(58(7,8)9)56(72)66-35-19-21-48(66)40-64(37-33-44-26-30-46(60)31-27-44)52(69)23-17-15-13-12-14-16-22-51(68)63(36-32-43-24-28-45(59)29-25-43)39-47-20-18-34-65(47)55(71)49(57(4,5)6)38-50(67)42(3)61-10/h24-31,41-42,47-49,53,61H,11-23,32-40H2,1-10H3,(H,62,70)/t41-,42+,47+,48+,49-,53-/m1/s1. The first-order valence-electron chi connectivity index (χ1n) is 27.2. The average molecular weight is 1130 g/mol. The van der Waals surface area contributed by atoms with Crippen LogP contribution in [0.4, 0.5) is 0 Å². The Kier molecular flexibility index (Phi) is 24.9. The summed E-state index contributed by atoms with van der Waals surface area (Å²) in [5.74, 6) is -0.554. The Labute approximate surface area is 450 Å². The number of Topliss-reactive ketones (excluding diaryl/α,β-unsaturated/α-hetero) is 1. The second kappa shape index (κ2) is 29.5.